The molecule has 0 saturated heterocycles. The Morgan fingerprint density at radius 3 is 2.76 bits per heavy atom. The maximum absolute atomic E-state index is 5.53. The summed E-state index contributed by atoms with van der Waals surface area (Å²) in [6.07, 6.45) is 5.22. The largest absolute Gasteiger partial charge is 0.463 e. The van der Waals surface area contributed by atoms with Gasteiger partial charge in [-0.1, -0.05) is 6.92 Å². The molecule has 114 valence electrons. The first kappa shape index (κ1) is 15.2. The summed E-state index contributed by atoms with van der Waals surface area (Å²) >= 11 is 0. The van der Waals surface area contributed by atoms with Gasteiger partial charge in [-0.15, -0.1) is 0 Å². The van der Waals surface area contributed by atoms with Crippen LogP contribution >= 0.6 is 0 Å². The Kier molecular flexibility index (Phi) is 5.48. The minimum Gasteiger partial charge on any atom is -0.463 e. The SMILES string of the molecule is CCCOc1nc(Cc2nccn2CC)nc(NCC)n1. The van der Waals surface area contributed by atoms with Gasteiger partial charge >= 0.3 is 6.01 Å². The first-order valence-corrected chi connectivity index (χ1v) is 7.38. The lowest BCUT2D eigenvalue weighted by molar-refractivity contribution is 0.290. The number of nitrogens with one attached hydrogen (secondary N) is 1. The van der Waals surface area contributed by atoms with Crippen molar-refractivity contribution < 1.29 is 4.74 Å². The second-order valence-corrected chi connectivity index (χ2v) is 4.54. The van der Waals surface area contributed by atoms with E-state index in [0.29, 0.717) is 30.8 Å². The molecule has 21 heavy (non-hydrogen) atoms. The molecule has 0 atom stereocenters. The van der Waals surface area contributed by atoms with Crippen LogP contribution in [0.1, 0.15) is 38.8 Å². The van der Waals surface area contributed by atoms with E-state index in [1.807, 2.05) is 20.0 Å². The van der Waals surface area contributed by atoms with Crippen molar-refractivity contribution in [1.29, 1.82) is 0 Å². The number of aromatic nitrogens is 5. The van der Waals surface area contributed by atoms with Crippen LogP contribution in [0.2, 0.25) is 0 Å². The second kappa shape index (κ2) is 7.56. The van der Waals surface area contributed by atoms with E-state index in [1.54, 1.807) is 6.20 Å². The fourth-order valence-electron chi connectivity index (χ4n) is 1.91. The molecule has 0 spiro atoms. The average molecular weight is 290 g/mol. The number of anilines is 1. The molecule has 2 aromatic rings. The van der Waals surface area contributed by atoms with Crippen LogP contribution in [-0.4, -0.2) is 37.7 Å². The summed E-state index contributed by atoms with van der Waals surface area (Å²) in [5.41, 5.74) is 0. The molecule has 0 radical (unpaired) electrons. The molecule has 0 saturated carbocycles. The van der Waals surface area contributed by atoms with Gasteiger partial charge in [0, 0.05) is 25.5 Å². The third-order valence-corrected chi connectivity index (χ3v) is 2.89. The molecule has 2 aromatic heterocycles. The van der Waals surface area contributed by atoms with Crippen molar-refractivity contribution in [3.05, 3.63) is 24.0 Å². The third kappa shape index (κ3) is 4.14. The Hall–Kier alpha value is -2.18. The van der Waals surface area contributed by atoms with E-state index >= 15 is 0 Å². The molecule has 2 heterocycles. The number of rotatable bonds is 8. The molecule has 2 rings (SSSR count). The highest BCUT2D eigenvalue weighted by Gasteiger charge is 2.10. The van der Waals surface area contributed by atoms with Gasteiger partial charge < -0.3 is 14.6 Å². The van der Waals surface area contributed by atoms with E-state index < -0.39 is 0 Å². The van der Waals surface area contributed by atoms with Gasteiger partial charge in [0.2, 0.25) is 5.95 Å². The van der Waals surface area contributed by atoms with Gasteiger partial charge in [0.05, 0.1) is 13.0 Å². The van der Waals surface area contributed by atoms with Crippen LogP contribution in [0.15, 0.2) is 12.4 Å². The number of aryl methyl sites for hydroxylation is 1. The van der Waals surface area contributed by atoms with Gasteiger partial charge in [-0.05, 0) is 20.3 Å². The number of nitrogens with zero attached hydrogens (tertiary/aromatic N) is 5. The normalized spacial score (nSPS) is 10.6. The maximum Gasteiger partial charge on any atom is 0.321 e. The molecule has 0 aliphatic rings. The summed E-state index contributed by atoms with van der Waals surface area (Å²) < 4.78 is 7.60. The smallest absolute Gasteiger partial charge is 0.321 e. The van der Waals surface area contributed by atoms with Gasteiger partial charge in [0.25, 0.3) is 0 Å². The summed E-state index contributed by atoms with van der Waals surface area (Å²) in [6, 6.07) is 0.368. The molecule has 0 aliphatic carbocycles. The van der Waals surface area contributed by atoms with Crippen LogP contribution in [0.5, 0.6) is 6.01 Å². The van der Waals surface area contributed by atoms with Crippen LogP contribution < -0.4 is 10.1 Å². The predicted octanol–water partition coefficient (Wildman–Crippen LogP) is 1.90. The monoisotopic (exact) mass is 290 g/mol. The first-order chi connectivity index (χ1) is 10.3. The zero-order valence-corrected chi connectivity index (χ0v) is 12.8. The van der Waals surface area contributed by atoms with Gasteiger partial charge in [-0.25, -0.2) is 4.98 Å². The Labute approximate surface area is 124 Å². The standard InChI is InChI=1S/C14H22N6O/c1-4-9-21-14-18-11(17-13(19-14)15-5-2)10-12-16-7-8-20(12)6-3/h7-8H,4-6,9-10H2,1-3H3,(H,15,17,18,19). The maximum atomic E-state index is 5.53. The quantitative estimate of drug-likeness (QED) is 0.800. The molecule has 0 fully saturated rings. The number of hydrogen-bond acceptors (Lipinski definition) is 6. The van der Waals surface area contributed by atoms with Crippen LogP contribution in [0.4, 0.5) is 5.95 Å². The Morgan fingerprint density at radius 1 is 1.19 bits per heavy atom. The molecule has 0 amide bonds. The van der Waals surface area contributed by atoms with E-state index in [2.05, 4.69) is 36.7 Å². The molecular formula is C14H22N6O. The van der Waals surface area contributed by atoms with Crippen molar-refractivity contribution >= 4 is 5.95 Å². The zero-order chi connectivity index (χ0) is 15.1. The molecule has 0 bridgehead atoms. The van der Waals surface area contributed by atoms with E-state index in [0.717, 1.165) is 25.3 Å². The highest BCUT2D eigenvalue weighted by Crippen LogP contribution is 2.11. The first-order valence-electron chi connectivity index (χ1n) is 7.38. The van der Waals surface area contributed by atoms with Gasteiger partial charge in [-0.2, -0.15) is 15.0 Å². The zero-order valence-electron chi connectivity index (χ0n) is 12.8. The molecular weight excluding hydrogens is 268 g/mol. The summed E-state index contributed by atoms with van der Waals surface area (Å²) in [5, 5.41) is 3.10. The van der Waals surface area contributed by atoms with E-state index in [4.69, 9.17) is 4.74 Å². The summed E-state index contributed by atoms with van der Waals surface area (Å²) in [7, 11) is 0. The Bertz CT molecular complexity index is 568. The van der Waals surface area contributed by atoms with Crippen molar-refractivity contribution in [3.8, 4) is 6.01 Å². The molecule has 7 heteroatoms. The predicted molar refractivity (Wildman–Crippen MR) is 80.5 cm³/mol. The molecule has 7 nitrogen and oxygen atoms in total. The Morgan fingerprint density at radius 2 is 2.05 bits per heavy atom. The van der Waals surface area contributed by atoms with Gasteiger partial charge in [0.15, 0.2) is 0 Å². The van der Waals surface area contributed by atoms with Crippen molar-refractivity contribution in [3.63, 3.8) is 0 Å². The van der Waals surface area contributed by atoms with Crippen molar-refractivity contribution in [2.45, 2.75) is 40.2 Å². The van der Waals surface area contributed by atoms with E-state index in [9.17, 15) is 0 Å². The topological polar surface area (TPSA) is 77.8 Å². The lowest BCUT2D eigenvalue weighted by atomic mass is 10.3. The number of ether oxygens (including phenoxy) is 1. The van der Waals surface area contributed by atoms with E-state index in [1.165, 1.54) is 0 Å². The summed E-state index contributed by atoms with van der Waals surface area (Å²) in [5.74, 6) is 2.14. The third-order valence-electron chi connectivity index (χ3n) is 2.89. The fraction of sp³-hybridized carbons (Fsp3) is 0.571. The minimum absolute atomic E-state index is 0.368. The summed E-state index contributed by atoms with van der Waals surface area (Å²) in [4.78, 5) is 17.4. The molecule has 0 unspecified atom stereocenters. The van der Waals surface area contributed by atoms with Crippen LogP contribution in [0, 0.1) is 0 Å². The highest BCUT2D eigenvalue weighted by atomic mass is 16.5. The number of hydrogen-bond donors (Lipinski definition) is 1. The van der Waals surface area contributed by atoms with Gasteiger partial charge in [-0.3, -0.25) is 0 Å². The van der Waals surface area contributed by atoms with Crippen LogP contribution in [-0.2, 0) is 13.0 Å². The van der Waals surface area contributed by atoms with Crippen LogP contribution in [0.3, 0.4) is 0 Å². The Balaban J connectivity index is 2.22. The fourth-order valence-corrected chi connectivity index (χ4v) is 1.91. The number of imidazole rings is 1. The minimum atomic E-state index is 0.368. The van der Waals surface area contributed by atoms with Crippen LogP contribution in [0.25, 0.3) is 0 Å². The average Bonchev–Trinajstić information content (AvgIpc) is 2.92. The molecule has 0 aliphatic heterocycles. The van der Waals surface area contributed by atoms with Crippen molar-refractivity contribution in [2.75, 3.05) is 18.5 Å². The lowest BCUT2D eigenvalue weighted by Gasteiger charge is -2.09. The summed E-state index contributed by atoms with van der Waals surface area (Å²) in [6.45, 7) is 8.35. The van der Waals surface area contributed by atoms with Crippen molar-refractivity contribution in [1.82, 2.24) is 24.5 Å². The lowest BCUT2D eigenvalue weighted by Crippen LogP contribution is -2.11. The molecule has 1 N–H and O–H groups in total. The highest BCUT2D eigenvalue weighted by molar-refractivity contribution is 5.26. The second-order valence-electron chi connectivity index (χ2n) is 4.54. The van der Waals surface area contributed by atoms with Crippen molar-refractivity contribution in [2.24, 2.45) is 0 Å². The van der Waals surface area contributed by atoms with E-state index in [-0.39, 0.29) is 0 Å². The van der Waals surface area contributed by atoms with Gasteiger partial charge in [0.1, 0.15) is 11.6 Å². The molecule has 0 aromatic carbocycles.